The summed E-state index contributed by atoms with van der Waals surface area (Å²) in [6.07, 6.45) is 1.50. The van der Waals surface area contributed by atoms with Crippen molar-refractivity contribution >= 4 is 61.9 Å². The lowest BCUT2D eigenvalue weighted by molar-refractivity contribution is -0.384. The molecule has 7 nitrogen and oxygen atoms in total. The number of ether oxygens (including phenoxy) is 1. The highest BCUT2D eigenvalue weighted by Crippen LogP contribution is 2.33. The number of carbonyl (C=O) groups excluding carboxylic acids is 1. The molecule has 1 amide bonds. The van der Waals surface area contributed by atoms with Gasteiger partial charge in [-0.25, -0.2) is 0 Å². The first-order valence-corrected chi connectivity index (χ1v) is 11.1. The summed E-state index contributed by atoms with van der Waals surface area (Å²) in [5.41, 5.74) is 1.86. The van der Waals surface area contributed by atoms with Crippen molar-refractivity contribution in [3.63, 3.8) is 0 Å². The number of non-ortho nitro benzene ring substituents is 1. The molecule has 0 saturated carbocycles. The van der Waals surface area contributed by atoms with Crippen LogP contribution >= 0.6 is 38.5 Å². The molecule has 9 heteroatoms. The first-order chi connectivity index (χ1) is 15.4. The van der Waals surface area contributed by atoms with Crippen molar-refractivity contribution in [3.8, 4) is 11.8 Å². The minimum atomic E-state index is -0.504. The standard InChI is InChI=1S/C23H15BrIN3O4/c24-20-11-16(9-17(13-26)23(29)27-18-6-2-1-3-7-18)12-21(25)22(20)32-14-15-5-4-8-19(10-15)28(30)31/h1-12H,14H2,(H,27,29)/b17-9-. The molecule has 0 heterocycles. The topological polar surface area (TPSA) is 105 Å². The van der Waals surface area contributed by atoms with Crippen molar-refractivity contribution < 1.29 is 14.5 Å². The number of nitro benzene ring substituents is 1. The normalized spacial score (nSPS) is 10.8. The second-order valence-corrected chi connectivity index (χ2v) is 8.54. The van der Waals surface area contributed by atoms with E-state index in [1.807, 2.05) is 12.1 Å². The lowest BCUT2D eigenvalue weighted by Gasteiger charge is -2.12. The number of halogens is 2. The van der Waals surface area contributed by atoms with E-state index in [1.54, 1.807) is 48.5 Å². The first kappa shape index (κ1) is 23.4. The average molecular weight is 604 g/mol. The highest BCUT2D eigenvalue weighted by molar-refractivity contribution is 14.1. The van der Waals surface area contributed by atoms with E-state index >= 15 is 0 Å². The Bertz CT molecular complexity index is 1220. The second-order valence-electron chi connectivity index (χ2n) is 6.52. The minimum Gasteiger partial charge on any atom is -0.487 e. The van der Waals surface area contributed by atoms with Crippen LogP contribution in [0.4, 0.5) is 11.4 Å². The van der Waals surface area contributed by atoms with Gasteiger partial charge in [0, 0.05) is 17.8 Å². The molecule has 0 aliphatic rings. The molecular weight excluding hydrogens is 589 g/mol. The number of carbonyl (C=O) groups is 1. The zero-order valence-electron chi connectivity index (χ0n) is 16.4. The molecule has 0 fully saturated rings. The summed E-state index contributed by atoms with van der Waals surface area (Å²) >= 11 is 5.55. The Balaban J connectivity index is 1.77. The summed E-state index contributed by atoms with van der Waals surface area (Å²) in [6, 6.07) is 20.6. The molecule has 0 aliphatic carbocycles. The molecule has 0 aliphatic heterocycles. The molecule has 1 N–H and O–H groups in total. The Morgan fingerprint density at radius 1 is 1.19 bits per heavy atom. The van der Waals surface area contributed by atoms with Crippen molar-refractivity contribution in [1.82, 2.24) is 0 Å². The van der Waals surface area contributed by atoms with Gasteiger partial charge in [0.1, 0.15) is 24.0 Å². The van der Waals surface area contributed by atoms with Crippen LogP contribution in [-0.4, -0.2) is 10.8 Å². The number of nitrogens with zero attached hydrogens (tertiary/aromatic N) is 2. The lowest BCUT2D eigenvalue weighted by atomic mass is 10.1. The molecule has 0 saturated heterocycles. The van der Waals surface area contributed by atoms with Crippen LogP contribution < -0.4 is 10.1 Å². The van der Waals surface area contributed by atoms with Gasteiger partial charge in [-0.1, -0.05) is 30.3 Å². The van der Waals surface area contributed by atoms with E-state index in [0.29, 0.717) is 27.0 Å². The number of hydrogen-bond acceptors (Lipinski definition) is 5. The van der Waals surface area contributed by atoms with Gasteiger partial charge in [0.05, 0.1) is 13.0 Å². The summed E-state index contributed by atoms with van der Waals surface area (Å²) in [5, 5.41) is 23.1. The molecule has 160 valence electrons. The summed E-state index contributed by atoms with van der Waals surface area (Å²) < 4.78 is 7.23. The van der Waals surface area contributed by atoms with Gasteiger partial charge in [0.25, 0.3) is 11.6 Å². The van der Waals surface area contributed by atoms with Crippen LogP contribution in [0.25, 0.3) is 6.08 Å². The van der Waals surface area contributed by atoms with E-state index in [2.05, 4.69) is 43.8 Å². The van der Waals surface area contributed by atoms with Gasteiger partial charge in [-0.05, 0) is 80.0 Å². The molecule has 0 spiro atoms. The van der Waals surface area contributed by atoms with E-state index < -0.39 is 10.8 Å². The lowest BCUT2D eigenvalue weighted by Crippen LogP contribution is -2.13. The number of nitrogens with one attached hydrogen (secondary N) is 1. The summed E-state index contributed by atoms with van der Waals surface area (Å²) in [7, 11) is 0. The number of anilines is 1. The molecule has 0 aromatic heterocycles. The van der Waals surface area contributed by atoms with Gasteiger partial charge < -0.3 is 10.1 Å². The van der Waals surface area contributed by atoms with Gasteiger partial charge >= 0.3 is 0 Å². The SMILES string of the molecule is N#C/C(=C/c1cc(Br)c(OCc2cccc([N+](=O)[O-])c2)c(I)c1)C(=O)Nc1ccccc1. The van der Waals surface area contributed by atoms with Crippen molar-refractivity contribution in [2.45, 2.75) is 6.61 Å². The van der Waals surface area contributed by atoms with E-state index in [1.165, 1.54) is 18.2 Å². The smallest absolute Gasteiger partial charge is 0.269 e. The number of hydrogen-bond donors (Lipinski definition) is 1. The maximum absolute atomic E-state index is 12.4. The Kier molecular flexibility index (Phi) is 7.97. The van der Waals surface area contributed by atoms with Crippen molar-refractivity contribution in [2.24, 2.45) is 0 Å². The van der Waals surface area contributed by atoms with Gasteiger partial charge in [-0.3, -0.25) is 14.9 Å². The quantitative estimate of drug-likeness (QED) is 0.116. The highest BCUT2D eigenvalue weighted by Gasteiger charge is 2.13. The van der Waals surface area contributed by atoms with E-state index in [4.69, 9.17) is 4.74 Å². The maximum Gasteiger partial charge on any atom is 0.269 e. The number of para-hydroxylation sites is 1. The Labute approximate surface area is 206 Å². The summed E-state index contributed by atoms with van der Waals surface area (Å²) in [6.45, 7) is 0.147. The molecule has 0 radical (unpaired) electrons. The molecule has 3 rings (SSSR count). The van der Waals surface area contributed by atoms with E-state index in [9.17, 15) is 20.2 Å². The van der Waals surface area contributed by atoms with Crippen molar-refractivity contribution in [1.29, 1.82) is 5.26 Å². The zero-order chi connectivity index (χ0) is 23.1. The highest BCUT2D eigenvalue weighted by atomic mass is 127. The van der Waals surface area contributed by atoms with Crippen LogP contribution in [0.1, 0.15) is 11.1 Å². The first-order valence-electron chi connectivity index (χ1n) is 9.20. The minimum absolute atomic E-state index is 0.00170. The Hall–Kier alpha value is -3.23. The largest absolute Gasteiger partial charge is 0.487 e. The predicted octanol–water partition coefficient (Wildman–Crippen LogP) is 6.09. The maximum atomic E-state index is 12.4. The fourth-order valence-corrected chi connectivity index (χ4v) is 4.52. The van der Waals surface area contributed by atoms with E-state index in [0.717, 1.165) is 3.57 Å². The van der Waals surface area contributed by atoms with Crippen LogP contribution in [0.5, 0.6) is 5.75 Å². The predicted molar refractivity (Wildman–Crippen MR) is 133 cm³/mol. The molecule has 0 unspecified atom stereocenters. The number of rotatable bonds is 7. The summed E-state index contributed by atoms with van der Waals surface area (Å²) in [5.74, 6) is 0.0531. The van der Waals surface area contributed by atoms with E-state index in [-0.39, 0.29) is 17.9 Å². The molecule has 3 aromatic rings. The molecular formula is C23H15BrIN3O4. The van der Waals surface area contributed by atoms with Crippen LogP contribution in [0.2, 0.25) is 0 Å². The third-order valence-corrected chi connectivity index (χ3v) is 5.62. The number of nitriles is 1. The average Bonchev–Trinajstić information content (AvgIpc) is 2.77. The van der Waals surface area contributed by atoms with Crippen LogP contribution in [0, 0.1) is 25.0 Å². The van der Waals surface area contributed by atoms with Gasteiger partial charge in [-0.2, -0.15) is 5.26 Å². The second kappa shape index (κ2) is 10.9. The molecule has 0 atom stereocenters. The number of benzene rings is 3. The van der Waals surface area contributed by atoms with Gasteiger partial charge in [-0.15, -0.1) is 0 Å². The zero-order valence-corrected chi connectivity index (χ0v) is 20.2. The van der Waals surface area contributed by atoms with Crippen LogP contribution in [0.15, 0.2) is 76.8 Å². The summed E-state index contributed by atoms with van der Waals surface area (Å²) in [4.78, 5) is 22.9. The van der Waals surface area contributed by atoms with Gasteiger partial charge in [0.2, 0.25) is 0 Å². The van der Waals surface area contributed by atoms with Crippen molar-refractivity contribution in [2.75, 3.05) is 5.32 Å². The molecule has 3 aromatic carbocycles. The van der Waals surface area contributed by atoms with Crippen LogP contribution in [-0.2, 0) is 11.4 Å². The fraction of sp³-hybridized carbons (Fsp3) is 0.0435. The Morgan fingerprint density at radius 3 is 2.59 bits per heavy atom. The molecule has 32 heavy (non-hydrogen) atoms. The molecule has 0 bridgehead atoms. The fourth-order valence-electron chi connectivity index (χ4n) is 2.75. The Morgan fingerprint density at radius 2 is 1.94 bits per heavy atom. The number of amides is 1. The van der Waals surface area contributed by atoms with Crippen LogP contribution in [0.3, 0.4) is 0 Å². The van der Waals surface area contributed by atoms with Crippen molar-refractivity contribution in [3.05, 3.63) is 102 Å². The third kappa shape index (κ3) is 6.15. The third-order valence-electron chi connectivity index (χ3n) is 4.23. The monoisotopic (exact) mass is 603 g/mol. The number of nitro groups is 1. The van der Waals surface area contributed by atoms with Gasteiger partial charge in [0.15, 0.2) is 0 Å².